The quantitative estimate of drug-likeness (QED) is 0.127. The molecule has 2 nitrogen and oxygen atoms in total. The Morgan fingerprint density at radius 3 is 1.51 bits per heavy atom. The van der Waals surface area contributed by atoms with Crippen LogP contribution < -0.4 is 9.47 Å². The van der Waals surface area contributed by atoms with E-state index in [0.29, 0.717) is 30.6 Å². The third-order valence-electron chi connectivity index (χ3n) is 5.41. The van der Waals surface area contributed by atoms with Crippen LogP contribution in [0.25, 0.3) is 0 Å². The summed E-state index contributed by atoms with van der Waals surface area (Å²) in [6.45, 7) is 4.63. The molecule has 0 aliphatic rings. The van der Waals surface area contributed by atoms with Crippen molar-refractivity contribution >= 4 is 0 Å². The van der Waals surface area contributed by atoms with E-state index in [1.165, 1.54) is 0 Å². The Morgan fingerprint density at radius 2 is 1.00 bits per heavy atom. The lowest BCUT2D eigenvalue weighted by molar-refractivity contribution is 0.266. The maximum absolute atomic E-state index is 14.4. The average Bonchev–Trinajstić information content (AvgIpc) is 2.92. The van der Waals surface area contributed by atoms with Gasteiger partial charge in [0.2, 0.25) is 11.6 Å². The second kappa shape index (κ2) is 14.0. The monoisotopic (exact) mass is 508 g/mol. The summed E-state index contributed by atoms with van der Waals surface area (Å²) < 4.78 is 67.8. The highest BCUT2D eigenvalue weighted by molar-refractivity contribution is 5.50. The zero-order valence-corrected chi connectivity index (χ0v) is 20.9. The molecule has 0 N–H and O–H groups in total. The summed E-state index contributed by atoms with van der Waals surface area (Å²) in [6.07, 6.45) is 4.50. The molecule has 0 saturated carbocycles. The molecule has 3 rings (SSSR count). The zero-order valence-electron chi connectivity index (χ0n) is 20.9. The molecule has 0 bridgehead atoms. The highest BCUT2D eigenvalue weighted by Crippen LogP contribution is 2.30. The van der Waals surface area contributed by atoms with Crippen molar-refractivity contribution in [3.63, 3.8) is 0 Å². The molecule has 0 amide bonds. The summed E-state index contributed by atoms with van der Waals surface area (Å²) in [5.74, 6) is 4.19. The molecule has 3 aromatic rings. The SMILES string of the molecule is CCCCCOc1ccc(C#Cc2ccc(C#Cc3c(F)c(F)c(OCCCC)c(F)c3F)cc2)cc1. The molecule has 0 aromatic heterocycles. The Hall–Kier alpha value is -3.90. The van der Waals surface area contributed by atoms with E-state index in [1.54, 1.807) is 24.3 Å². The molecule has 37 heavy (non-hydrogen) atoms. The van der Waals surface area contributed by atoms with Crippen molar-refractivity contribution in [2.45, 2.75) is 46.0 Å². The fourth-order valence-electron chi connectivity index (χ4n) is 3.26. The van der Waals surface area contributed by atoms with E-state index in [0.717, 1.165) is 30.6 Å². The van der Waals surface area contributed by atoms with Crippen LogP contribution in [0.4, 0.5) is 17.6 Å². The first kappa shape index (κ1) is 27.7. The molecule has 0 atom stereocenters. The molecule has 0 heterocycles. The number of halogens is 4. The minimum atomic E-state index is -1.60. The molecule has 0 spiro atoms. The number of unbranched alkanes of at least 4 members (excludes halogenated alkanes) is 3. The fourth-order valence-corrected chi connectivity index (χ4v) is 3.26. The van der Waals surface area contributed by atoms with Gasteiger partial charge < -0.3 is 9.47 Å². The highest BCUT2D eigenvalue weighted by atomic mass is 19.2. The van der Waals surface area contributed by atoms with Crippen LogP contribution >= 0.6 is 0 Å². The van der Waals surface area contributed by atoms with Crippen LogP contribution in [0.15, 0.2) is 48.5 Å². The summed E-state index contributed by atoms with van der Waals surface area (Å²) in [5.41, 5.74) is 0.938. The van der Waals surface area contributed by atoms with Crippen LogP contribution in [0, 0.1) is 47.0 Å². The van der Waals surface area contributed by atoms with Gasteiger partial charge in [-0.2, -0.15) is 8.78 Å². The summed E-state index contributed by atoms with van der Waals surface area (Å²) in [7, 11) is 0. The smallest absolute Gasteiger partial charge is 0.205 e. The van der Waals surface area contributed by atoms with Gasteiger partial charge in [0.15, 0.2) is 17.4 Å². The Bertz CT molecular complexity index is 1280. The van der Waals surface area contributed by atoms with Gasteiger partial charge in [0, 0.05) is 16.7 Å². The Morgan fingerprint density at radius 1 is 0.541 bits per heavy atom. The van der Waals surface area contributed by atoms with Gasteiger partial charge in [-0.15, -0.1) is 0 Å². The van der Waals surface area contributed by atoms with Crippen LogP contribution in [0.3, 0.4) is 0 Å². The maximum atomic E-state index is 14.4. The van der Waals surface area contributed by atoms with Crippen LogP contribution in [-0.4, -0.2) is 13.2 Å². The van der Waals surface area contributed by atoms with E-state index in [9.17, 15) is 17.6 Å². The Labute approximate surface area is 215 Å². The molecule has 192 valence electrons. The lowest BCUT2D eigenvalue weighted by Crippen LogP contribution is -2.07. The number of hydrogen-bond acceptors (Lipinski definition) is 2. The van der Waals surface area contributed by atoms with Gasteiger partial charge in [-0.25, -0.2) is 8.78 Å². The van der Waals surface area contributed by atoms with Crippen LogP contribution in [-0.2, 0) is 0 Å². The highest BCUT2D eigenvalue weighted by Gasteiger charge is 2.25. The summed E-state index contributed by atoms with van der Waals surface area (Å²) in [4.78, 5) is 0. The summed E-state index contributed by atoms with van der Waals surface area (Å²) in [6, 6.07) is 14.1. The predicted molar refractivity (Wildman–Crippen MR) is 137 cm³/mol. The molecule has 6 heteroatoms. The standard InChI is InChI=1S/C31H28F4O2/c1-3-5-7-21-36-25-17-14-24(15-18-25)13-10-22-8-11-23(12-9-22)16-19-26-27(32)29(34)31(30(35)28(26)33)37-20-6-4-2/h8-9,11-12,14-15,17-18H,3-7,20-21H2,1-2H3. The van der Waals surface area contributed by atoms with Crippen molar-refractivity contribution in [3.8, 4) is 35.2 Å². The molecule has 3 aromatic carbocycles. The maximum Gasteiger partial charge on any atom is 0.205 e. The average molecular weight is 509 g/mol. The fraction of sp³-hybridized carbons (Fsp3) is 0.290. The van der Waals surface area contributed by atoms with Crippen LogP contribution in [0.1, 0.15) is 68.2 Å². The molecule has 0 fully saturated rings. The van der Waals surface area contributed by atoms with E-state index >= 15 is 0 Å². The van der Waals surface area contributed by atoms with Crippen LogP contribution in [0.2, 0.25) is 0 Å². The number of hydrogen-bond donors (Lipinski definition) is 0. The molecule has 0 aliphatic carbocycles. The van der Waals surface area contributed by atoms with E-state index < -0.39 is 34.6 Å². The van der Waals surface area contributed by atoms with Gasteiger partial charge in [0.05, 0.1) is 13.2 Å². The normalized spacial score (nSPS) is 10.2. The zero-order chi connectivity index (χ0) is 26.6. The van der Waals surface area contributed by atoms with Gasteiger partial charge in [0.1, 0.15) is 11.3 Å². The first-order valence-electron chi connectivity index (χ1n) is 12.3. The topological polar surface area (TPSA) is 18.5 Å². The van der Waals surface area contributed by atoms with E-state index in [2.05, 4.69) is 30.6 Å². The third-order valence-corrected chi connectivity index (χ3v) is 5.41. The predicted octanol–water partition coefficient (Wildman–Crippen LogP) is 7.79. The van der Waals surface area contributed by atoms with Gasteiger partial charge >= 0.3 is 0 Å². The molecular weight excluding hydrogens is 480 g/mol. The molecule has 0 saturated heterocycles. The van der Waals surface area contributed by atoms with E-state index in [1.807, 2.05) is 31.2 Å². The van der Waals surface area contributed by atoms with Crippen LogP contribution in [0.5, 0.6) is 11.5 Å². The van der Waals surface area contributed by atoms with Gasteiger partial charge in [-0.05, 0) is 61.4 Å². The minimum Gasteiger partial charge on any atom is -0.494 e. The van der Waals surface area contributed by atoms with Gasteiger partial charge in [0.25, 0.3) is 0 Å². The van der Waals surface area contributed by atoms with Crippen molar-refractivity contribution in [2.24, 2.45) is 0 Å². The molecule has 0 radical (unpaired) electrons. The van der Waals surface area contributed by atoms with Gasteiger partial charge in [-0.3, -0.25) is 0 Å². The minimum absolute atomic E-state index is 0.0532. The number of ether oxygens (including phenoxy) is 2. The molecule has 0 unspecified atom stereocenters. The van der Waals surface area contributed by atoms with E-state index in [4.69, 9.17) is 9.47 Å². The lowest BCUT2D eigenvalue weighted by atomic mass is 10.1. The second-order valence-electron chi connectivity index (χ2n) is 8.32. The van der Waals surface area contributed by atoms with E-state index in [-0.39, 0.29) is 6.61 Å². The van der Waals surface area contributed by atoms with Gasteiger partial charge in [-0.1, -0.05) is 56.8 Å². The largest absolute Gasteiger partial charge is 0.494 e. The van der Waals surface area contributed by atoms with Crippen molar-refractivity contribution in [1.82, 2.24) is 0 Å². The third kappa shape index (κ3) is 7.79. The first-order valence-corrected chi connectivity index (χ1v) is 12.3. The summed E-state index contributed by atoms with van der Waals surface area (Å²) in [5, 5.41) is 0. The molecule has 0 aliphatic heterocycles. The van der Waals surface area contributed by atoms with Crippen molar-refractivity contribution in [1.29, 1.82) is 0 Å². The number of rotatable bonds is 9. The second-order valence-corrected chi connectivity index (χ2v) is 8.32. The molecular formula is C31H28F4O2. The van der Waals surface area contributed by atoms with Crippen molar-refractivity contribution in [3.05, 3.63) is 94.1 Å². The Balaban J connectivity index is 1.68. The first-order chi connectivity index (χ1) is 17.9. The lowest BCUT2D eigenvalue weighted by Gasteiger charge is -2.10. The Kier molecular flexibility index (Phi) is 10.5. The van der Waals surface area contributed by atoms with Crippen molar-refractivity contribution in [2.75, 3.05) is 13.2 Å². The summed E-state index contributed by atoms with van der Waals surface area (Å²) >= 11 is 0. The van der Waals surface area contributed by atoms with Crippen molar-refractivity contribution < 1.29 is 27.0 Å². The number of benzene rings is 3.